The Balaban J connectivity index is 1.84. The highest BCUT2D eigenvalue weighted by molar-refractivity contribution is 5.93. The van der Waals surface area contributed by atoms with Gasteiger partial charge in [0.15, 0.2) is 5.78 Å². The Morgan fingerprint density at radius 1 is 1.23 bits per heavy atom. The van der Waals surface area contributed by atoms with E-state index >= 15 is 0 Å². The molecular weight excluding hydrogens is 272 g/mol. The molecule has 1 N–H and O–H groups in total. The zero-order valence-electron chi connectivity index (χ0n) is 14.1. The molecule has 0 aromatic carbocycles. The number of fused-ring (bicyclic) bond motifs is 4. The summed E-state index contributed by atoms with van der Waals surface area (Å²) < 4.78 is 0. The van der Waals surface area contributed by atoms with E-state index in [0.717, 1.165) is 25.7 Å². The Labute approximate surface area is 133 Å². The highest BCUT2D eigenvalue weighted by Crippen LogP contribution is 2.62. The van der Waals surface area contributed by atoms with E-state index in [2.05, 4.69) is 20.8 Å². The van der Waals surface area contributed by atoms with Crippen LogP contribution in [0.15, 0.2) is 22.8 Å². The molecule has 0 unspecified atom stereocenters. The Morgan fingerprint density at radius 2 is 2.00 bits per heavy atom. The maximum Gasteiger partial charge on any atom is 0.156 e. The van der Waals surface area contributed by atoms with Crippen LogP contribution in [0.25, 0.3) is 0 Å². The topological polar surface area (TPSA) is 37.3 Å². The first kappa shape index (κ1) is 14.7. The van der Waals surface area contributed by atoms with Crippen molar-refractivity contribution >= 4 is 5.78 Å². The van der Waals surface area contributed by atoms with Gasteiger partial charge in [-0.2, -0.15) is 0 Å². The molecule has 2 heteroatoms. The van der Waals surface area contributed by atoms with Gasteiger partial charge in [0.25, 0.3) is 0 Å². The van der Waals surface area contributed by atoms with Crippen molar-refractivity contribution < 1.29 is 9.90 Å². The van der Waals surface area contributed by atoms with Crippen LogP contribution in [0.5, 0.6) is 0 Å². The molecular formula is C20H28O2. The quantitative estimate of drug-likeness (QED) is 0.733. The number of aliphatic hydroxyl groups excluding tert-OH is 1. The number of carbonyl (C=O) groups excluding carboxylic acids is 1. The molecule has 0 spiro atoms. The highest BCUT2D eigenvalue weighted by Gasteiger charge is 2.56. The van der Waals surface area contributed by atoms with Gasteiger partial charge < -0.3 is 5.11 Å². The van der Waals surface area contributed by atoms with Gasteiger partial charge in [-0.1, -0.05) is 26.3 Å². The Morgan fingerprint density at radius 3 is 2.77 bits per heavy atom. The average Bonchev–Trinajstić information content (AvgIpc) is 2.74. The Kier molecular flexibility index (Phi) is 3.21. The van der Waals surface area contributed by atoms with E-state index in [-0.39, 0.29) is 11.5 Å². The molecule has 120 valence electrons. The minimum atomic E-state index is -0.122. The molecule has 0 amide bonds. The van der Waals surface area contributed by atoms with Crippen molar-refractivity contribution in [1.29, 1.82) is 0 Å². The van der Waals surface area contributed by atoms with Crippen LogP contribution in [0.3, 0.4) is 0 Å². The number of rotatable bonds is 0. The summed E-state index contributed by atoms with van der Waals surface area (Å²) in [6.45, 7) is 7.05. The number of ketones is 1. The second-order valence-electron chi connectivity index (χ2n) is 8.59. The summed E-state index contributed by atoms with van der Waals surface area (Å²) >= 11 is 0. The first-order valence-electron chi connectivity index (χ1n) is 9.06. The van der Waals surface area contributed by atoms with E-state index in [1.807, 2.05) is 6.08 Å². The number of hydrogen-bond donors (Lipinski definition) is 1. The fourth-order valence-electron chi connectivity index (χ4n) is 6.39. The molecule has 2 nitrogen and oxygen atoms in total. The highest BCUT2D eigenvalue weighted by atomic mass is 16.3. The van der Waals surface area contributed by atoms with Crippen molar-refractivity contribution in [2.45, 2.75) is 65.4 Å². The van der Waals surface area contributed by atoms with Crippen LogP contribution < -0.4 is 0 Å². The maximum atomic E-state index is 11.8. The van der Waals surface area contributed by atoms with E-state index in [4.69, 9.17) is 0 Å². The standard InChI is InChI=1S/C20H28O2/c1-11-8-13-9-14(21)4-5-15(13)18-12(2)10-20(3)16(19(11)18)6-7-17(20)22/h9,11-12,16-17,19,22H,4-8,10H2,1-3H3/t11-,12+,16+,17+,19+,20+/m1/s1. The monoisotopic (exact) mass is 300 g/mol. The normalized spacial score (nSPS) is 47.7. The number of hydrogen-bond acceptors (Lipinski definition) is 2. The maximum absolute atomic E-state index is 11.8. The number of carbonyl (C=O) groups is 1. The van der Waals surface area contributed by atoms with Gasteiger partial charge in [-0.25, -0.2) is 0 Å². The van der Waals surface area contributed by atoms with Crippen LogP contribution in [0.2, 0.25) is 0 Å². The van der Waals surface area contributed by atoms with Crippen molar-refractivity contribution in [2.75, 3.05) is 0 Å². The molecule has 2 saturated carbocycles. The van der Waals surface area contributed by atoms with Crippen molar-refractivity contribution in [3.05, 3.63) is 22.8 Å². The summed E-state index contributed by atoms with van der Waals surface area (Å²) in [4.78, 5) is 11.8. The molecule has 4 rings (SSSR count). The molecule has 22 heavy (non-hydrogen) atoms. The van der Waals surface area contributed by atoms with Crippen molar-refractivity contribution in [3.63, 3.8) is 0 Å². The summed E-state index contributed by atoms with van der Waals surface area (Å²) in [7, 11) is 0. The SMILES string of the molecule is C[C@@H]1CC2=CC(=O)CCC2=C2[C@@H]1[C@@H]1CC[C@H](O)[C@@]1(C)C[C@@H]2C. The smallest absolute Gasteiger partial charge is 0.156 e. The van der Waals surface area contributed by atoms with E-state index in [1.54, 1.807) is 5.57 Å². The van der Waals surface area contributed by atoms with E-state index in [0.29, 0.717) is 35.9 Å². The predicted molar refractivity (Wildman–Crippen MR) is 87.2 cm³/mol. The number of aliphatic hydroxyl groups is 1. The molecule has 2 fully saturated rings. The summed E-state index contributed by atoms with van der Waals surface area (Å²) in [5.74, 6) is 2.73. The lowest BCUT2D eigenvalue weighted by Gasteiger charge is -2.53. The van der Waals surface area contributed by atoms with Crippen molar-refractivity contribution in [3.8, 4) is 0 Å². The van der Waals surface area contributed by atoms with E-state index in [9.17, 15) is 9.90 Å². The first-order chi connectivity index (χ1) is 10.4. The lowest BCUT2D eigenvalue weighted by atomic mass is 9.52. The minimum absolute atomic E-state index is 0.105. The van der Waals surface area contributed by atoms with Crippen LogP contribution >= 0.6 is 0 Å². The third-order valence-corrected chi connectivity index (χ3v) is 7.28. The fraction of sp³-hybridized carbons (Fsp3) is 0.750. The predicted octanol–water partition coefficient (Wildman–Crippen LogP) is 4.05. The third kappa shape index (κ3) is 1.86. The zero-order valence-corrected chi connectivity index (χ0v) is 14.1. The summed E-state index contributed by atoms with van der Waals surface area (Å²) in [6.07, 6.45) is 7.79. The van der Waals surface area contributed by atoms with Crippen LogP contribution in [-0.4, -0.2) is 17.0 Å². The molecule has 0 saturated heterocycles. The van der Waals surface area contributed by atoms with Gasteiger partial charge in [-0.3, -0.25) is 4.79 Å². The first-order valence-corrected chi connectivity index (χ1v) is 9.06. The zero-order chi connectivity index (χ0) is 15.6. The summed E-state index contributed by atoms with van der Waals surface area (Å²) in [5.41, 5.74) is 4.63. The average molecular weight is 300 g/mol. The van der Waals surface area contributed by atoms with Crippen LogP contribution in [0.4, 0.5) is 0 Å². The van der Waals surface area contributed by atoms with Gasteiger partial charge in [0, 0.05) is 6.42 Å². The molecule has 0 aliphatic heterocycles. The molecule has 0 bridgehead atoms. The lowest BCUT2D eigenvalue weighted by Crippen LogP contribution is -2.47. The van der Waals surface area contributed by atoms with Crippen molar-refractivity contribution in [1.82, 2.24) is 0 Å². The van der Waals surface area contributed by atoms with Crippen LogP contribution in [0, 0.1) is 29.1 Å². The van der Waals surface area contributed by atoms with Crippen LogP contribution in [-0.2, 0) is 4.79 Å². The molecule has 0 aromatic rings. The Hall–Kier alpha value is -0.890. The van der Waals surface area contributed by atoms with E-state index < -0.39 is 0 Å². The van der Waals surface area contributed by atoms with Crippen molar-refractivity contribution in [2.24, 2.45) is 29.1 Å². The molecule has 0 aromatic heterocycles. The second-order valence-corrected chi connectivity index (χ2v) is 8.59. The van der Waals surface area contributed by atoms with Crippen LogP contribution in [0.1, 0.15) is 59.3 Å². The molecule has 4 aliphatic carbocycles. The van der Waals surface area contributed by atoms with Gasteiger partial charge in [-0.05, 0) is 78.4 Å². The van der Waals surface area contributed by atoms with Gasteiger partial charge in [0.05, 0.1) is 6.10 Å². The second kappa shape index (κ2) is 4.80. The van der Waals surface area contributed by atoms with Gasteiger partial charge in [0.1, 0.15) is 0 Å². The Bertz CT molecular complexity index is 585. The number of allylic oxidation sites excluding steroid dienone is 4. The summed E-state index contributed by atoms with van der Waals surface area (Å²) in [6, 6.07) is 0. The fourth-order valence-corrected chi connectivity index (χ4v) is 6.39. The summed E-state index contributed by atoms with van der Waals surface area (Å²) in [5, 5.41) is 10.6. The lowest BCUT2D eigenvalue weighted by molar-refractivity contribution is -0.114. The third-order valence-electron chi connectivity index (χ3n) is 7.28. The van der Waals surface area contributed by atoms with Gasteiger partial charge in [-0.15, -0.1) is 0 Å². The van der Waals surface area contributed by atoms with E-state index in [1.165, 1.54) is 17.6 Å². The largest absolute Gasteiger partial charge is 0.393 e. The molecule has 6 atom stereocenters. The molecule has 0 heterocycles. The minimum Gasteiger partial charge on any atom is -0.393 e. The molecule has 0 radical (unpaired) electrons. The van der Waals surface area contributed by atoms with Gasteiger partial charge >= 0.3 is 0 Å². The van der Waals surface area contributed by atoms with Gasteiger partial charge in [0.2, 0.25) is 0 Å². The molecule has 4 aliphatic rings.